The first-order chi connectivity index (χ1) is 11.1. The lowest BCUT2D eigenvalue weighted by Crippen LogP contribution is -1.95. The van der Waals surface area contributed by atoms with E-state index < -0.39 is 0 Å². The molecule has 0 radical (unpaired) electrons. The number of hydrogen-bond acceptors (Lipinski definition) is 4. The van der Waals surface area contributed by atoms with Crippen LogP contribution in [0.5, 0.6) is 23.0 Å². The molecular weight excluding hydrogens is 299 g/mol. The highest BCUT2D eigenvalue weighted by Gasteiger charge is 2.12. The number of hydrogen-bond donors (Lipinski definition) is 0. The first-order valence-corrected chi connectivity index (χ1v) is 6.94. The van der Waals surface area contributed by atoms with Crippen molar-refractivity contribution in [3.63, 3.8) is 0 Å². The summed E-state index contributed by atoms with van der Waals surface area (Å²) in [7, 11) is 6.19. The molecule has 2 aromatic rings. The molecule has 0 N–H and O–H groups in total. The molecule has 0 amide bonds. The van der Waals surface area contributed by atoms with Gasteiger partial charge in [-0.15, -0.1) is 0 Å². The Kier molecular flexibility index (Phi) is 5.46. The molecule has 0 aromatic heterocycles. The first kappa shape index (κ1) is 16.7. The zero-order valence-corrected chi connectivity index (χ0v) is 13.6. The second kappa shape index (κ2) is 7.54. The Hall–Kier alpha value is -2.69. The van der Waals surface area contributed by atoms with E-state index in [1.165, 1.54) is 19.2 Å². The third-order valence-corrected chi connectivity index (χ3v) is 3.34. The van der Waals surface area contributed by atoms with Crippen molar-refractivity contribution in [2.24, 2.45) is 0 Å². The highest BCUT2D eigenvalue weighted by Crippen LogP contribution is 2.38. The van der Waals surface area contributed by atoms with Crippen molar-refractivity contribution < 1.29 is 23.3 Å². The van der Waals surface area contributed by atoms with Crippen LogP contribution < -0.4 is 18.9 Å². The fourth-order valence-corrected chi connectivity index (χ4v) is 2.21. The Bertz CT molecular complexity index is 685. The highest BCUT2D eigenvalue weighted by molar-refractivity contribution is 5.74. The van der Waals surface area contributed by atoms with Crippen LogP contribution >= 0.6 is 0 Å². The van der Waals surface area contributed by atoms with E-state index in [2.05, 4.69) is 0 Å². The number of ether oxygens (including phenoxy) is 4. The van der Waals surface area contributed by atoms with Gasteiger partial charge in [0.05, 0.1) is 28.4 Å². The van der Waals surface area contributed by atoms with Gasteiger partial charge in [0.2, 0.25) is 5.75 Å². The van der Waals surface area contributed by atoms with Crippen molar-refractivity contribution in [1.29, 1.82) is 0 Å². The second-order valence-electron chi connectivity index (χ2n) is 4.68. The summed E-state index contributed by atoms with van der Waals surface area (Å²) < 4.78 is 34.3. The van der Waals surface area contributed by atoms with Gasteiger partial charge in [-0.3, -0.25) is 0 Å². The van der Waals surface area contributed by atoms with Crippen molar-refractivity contribution in [3.05, 3.63) is 47.3 Å². The Labute approximate surface area is 135 Å². The number of methoxy groups -OCH3 is 4. The summed E-state index contributed by atoms with van der Waals surface area (Å²) in [6, 6.07) is 8.04. The van der Waals surface area contributed by atoms with Crippen LogP contribution in [0.3, 0.4) is 0 Å². The standard InChI is InChI=1S/C18H19FO4/c1-20-15-11-14(19)8-7-13(15)6-5-12-9-16(21-2)18(23-4)17(10-12)22-3/h5-11H,1-4H3/b6-5+. The zero-order chi connectivity index (χ0) is 16.8. The fraction of sp³-hybridized carbons (Fsp3) is 0.222. The molecule has 5 heteroatoms. The summed E-state index contributed by atoms with van der Waals surface area (Å²) in [4.78, 5) is 0. The molecule has 0 aliphatic carbocycles. The SMILES string of the molecule is COc1cc(F)ccc1/C=C/c1cc(OC)c(OC)c(OC)c1. The van der Waals surface area contributed by atoms with Crippen molar-refractivity contribution in [3.8, 4) is 23.0 Å². The molecule has 0 saturated carbocycles. The molecule has 122 valence electrons. The van der Waals surface area contributed by atoms with Gasteiger partial charge in [0.25, 0.3) is 0 Å². The molecule has 0 aliphatic heterocycles. The van der Waals surface area contributed by atoms with Crippen LogP contribution in [-0.2, 0) is 0 Å². The molecule has 0 unspecified atom stereocenters. The smallest absolute Gasteiger partial charge is 0.203 e. The molecule has 0 bridgehead atoms. The van der Waals surface area contributed by atoms with E-state index >= 15 is 0 Å². The van der Waals surface area contributed by atoms with Crippen molar-refractivity contribution >= 4 is 12.2 Å². The first-order valence-electron chi connectivity index (χ1n) is 6.94. The van der Waals surface area contributed by atoms with E-state index in [1.807, 2.05) is 24.3 Å². The van der Waals surface area contributed by atoms with E-state index in [0.717, 1.165) is 11.1 Å². The summed E-state index contributed by atoms with van der Waals surface area (Å²) in [5, 5.41) is 0. The summed E-state index contributed by atoms with van der Waals surface area (Å²) in [5.74, 6) is 1.79. The van der Waals surface area contributed by atoms with Crippen LogP contribution in [0.1, 0.15) is 11.1 Å². The minimum Gasteiger partial charge on any atom is -0.496 e. The topological polar surface area (TPSA) is 36.9 Å². The molecule has 0 atom stereocenters. The highest BCUT2D eigenvalue weighted by atomic mass is 19.1. The Balaban J connectivity index is 2.40. The molecule has 0 saturated heterocycles. The fourth-order valence-electron chi connectivity index (χ4n) is 2.21. The van der Waals surface area contributed by atoms with Gasteiger partial charge >= 0.3 is 0 Å². The van der Waals surface area contributed by atoms with Gasteiger partial charge < -0.3 is 18.9 Å². The number of rotatable bonds is 6. The lowest BCUT2D eigenvalue weighted by Gasteiger charge is -2.13. The normalized spacial score (nSPS) is 10.7. The van der Waals surface area contributed by atoms with Crippen molar-refractivity contribution in [1.82, 2.24) is 0 Å². The van der Waals surface area contributed by atoms with Crippen LogP contribution in [0.25, 0.3) is 12.2 Å². The van der Waals surface area contributed by atoms with E-state index in [4.69, 9.17) is 18.9 Å². The van der Waals surface area contributed by atoms with Gasteiger partial charge in [-0.05, 0) is 29.8 Å². The second-order valence-corrected chi connectivity index (χ2v) is 4.68. The largest absolute Gasteiger partial charge is 0.496 e. The van der Waals surface area contributed by atoms with E-state index in [9.17, 15) is 4.39 Å². The van der Waals surface area contributed by atoms with Crippen LogP contribution in [0.2, 0.25) is 0 Å². The molecule has 23 heavy (non-hydrogen) atoms. The van der Waals surface area contributed by atoms with Crippen LogP contribution in [-0.4, -0.2) is 28.4 Å². The quantitative estimate of drug-likeness (QED) is 0.754. The van der Waals surface area contributed by atoms with Gasteiger partial charge in [0.15, 0.2) is 11.5 Å². The summed E-state index contributed by atoms with van der Waals surface area (Å²) >= 11 is 0. The predicted octanol–water partition coefficient (Wildman–Crippen LogP) is 4.03. The minimum absolute atomic E-state index is 0.341. The monoisotopic (exact) mass is 318 g/mol. The molecule has 2 rings (SSSR count). The van der Waals surface area contributed by atoms with Gasteiger partial charge in [-0.2, -0.15) is 0 Å². The van der Waals surface area contributed by atoms with Crippen LogP contribution in [0, 0.1) is 5.82 Å². The summed E-state index contributed by atoms with van der Waals surface area (Å²) in [6.45, 7) is 0. The molecule has 0 heterocycles. The van der Waals surface area contributed by atoms with E-state index in [0.29, 0.717) is 23.0 Å². The third kappa shape index (κ3) is 3.74. The average molecular weight is 318 g/mol. The van der Waals surface area contributed by atoms with Crippen molar-refractivity contribution in [2.45, 2.75) is 0 Å². The molecular formula is C18H19FO4. The Morgan fingerprint density at radius 3 is 1.87 bits per heavy atom. The van der Waals surface area contributed by atoms with Gasteiger partial charge in [-0.1, -0.05) is 12.2 Å². The molecule has 0 aliphatic rings. The minimum atomic E-state index is -0.341. The maximum absolute atomic E-state index is 13.2. The van der Waals surface area contributed by atoms with Gasteiger partial charge in [-0.25, -0.2) is 4.39 Å². The summed E-state index contributed by atoms with van der Waals surface area (Å²) in [5.41, 5.74) is 1.62. The predicted molar refractivity (Wildman–Crippen MR) is 88.0 cm³/mol. The average Bonchev–Trinajstić information content (AvgIpc) is 2.59. The van der Waals surface area contributed by atoms with E-state index in [1.54, 1.807) is 27.4 Å². The lowest BCUT2D eigenvalue weighted by atomic mass is 10.1. The van der Waals surface area contributed by atoms with Gasteiger partial charge in [0.1, 0.15) is 11.6 Å². The maximum atomic E-state index is 13.2. The van der Waals surface area contributed by atoms with Crippen molar-refractivity contribution in [2.75, 3.05) is 28.4 Å². The maximum Gasteiger partial charge on any atom is 0.203 e. The summed E-state index contributed by atoms with van der Waals surface area (Å²) in [6.07, 6.45) is 3.69. The lowest BCUT2D eigenvalue weighted by molar-refractivity contribution is 0.324. The van der Waals surface area contributed by atoms with Crippen LogP contribution in [0.4, 0.5) is 4.39 Å². The molecule has 2 aromatic carbocycles. The third-order valence-electron chi connectivity index (χ3n) is 3.34. The van der Waals surface area contributed by atoms with Crippen LogP contribution in [0.15, 0.2) is 30.3 Å². The van der Waals surface area contributed by atoms with E-state index in [-0.39, 0.29) is 5.82 Å². The zero-order valence-electron chi connectivity index (χ0n) is 13.6. The molecule has 4 nitrogen and oxygen atoms in total. The molecule has 0 spiro atoms. The van der Waals surface area contributed by atoms with Gasteiger partial charge in [0, 0.05) is 11.6 Å². The Morgan fingerprint density at radius 1 is 0.739 bits per heavy atom. The Morgan fingerprint density at radius 2 is 1.35 bits per heavy atom. The number of halogens is 1. The molecule has 0 fully saturated rings. The number of benzene rings is 2.